The van der Waals surface area contributed by atoms with Crippen LogP contribution in [0, 0.1) is 0 Å². The van der Waals surface area contributed by atoms with E-state index in [0.717, 1.165) is 23.8 Å². The topological polar surface area (TPSA) is 39.4 Å². The summed E-state index contributed by atoms with van der Waals surface area (Å²) in [6, 6.07) is 12.8. The van der Waals surface area contributed by atoms with Crippen molar-refractivity contribution in [1.82, 2.24) is 0 Å². The summed E-state index contributed by atoms with van der Waals surface area (Å²) < 4.78 is 11.4. The molecule has 2 aromatic rings. The zero-order valence-electron chi connectivity index (χ0n) is 18.7. The first-order chi connectivity index (χ1) is 13.9. The molecule has 3 nitrogen and oxygen atoms in total. The summed E-state index contributed by atoms with van der Waals surface area (Å²) in [6.07, 6.45) is 12.4. The van der Waals surface area contributed by atoms with Crippen molar-refractivity contribution in [1.29, 1.82) is 0 Å². The molecule has 1 heterocycles. The molecule has 2 rings (SSSR count). The molecular formula is C25H38O3Si. The van der Waals surface area contributed by atoms with E-state index >= 15 is 0 Å². The maximum absolute atomic E-state index is 11.5. The number of hydrogen-bond donors (Lipinski definition) is 0. The fraction of sp³-hybridized carbons (Fsp3) is 0.560. The van der Waals surface area contributed by atoms with Crippen LogP contribution in [0.15, 0.2) is 47.1 Å². The van der Waals surface area contributed by atoms with Gasteiger partial charge in [0.1, 0.15) is 14.2 Å². The molecule has 1 atom stereocenters. The highest BCUT2D eigenvalue weighted by Crippen LogP contribution is 2.25. The summed E-state index contributed by atoms with van der Waals surface area (Å²) in [6.45, 7) is 8.27. The molecule has 1 unspecified atom stereocenters. The Morgan fingerprint density at radius 1 is 0.966 bits per heavy atom. The van der Waals surface area contributed by atoms with Crippen LogP contribution in [-0.4, -0.2) is 14.0 Å². The number of furan rings is 1. The molecule has 0 bridgehead atoms. The number of esters is 1. The van der Waals surface area contributed by atoms with E-state index < -0.39 is 8.07 Å². The molecule has 0 saturated carbocycles. The third kappa shape index (κ3) is 9.03. The van der Waals surface area contributed by atoms with Crippen molar-refractivity contribution < 1.29 is 13.9 Å². The summed E-state index contributed by atoms with van der Waals surface area (Å²) in [5.41, 5.74) is 2.46. The first-order valence-corrected chi connectivity index (χ1v) is 14.7. The molecule has 0 spiro atoms. The molecule has 0 aliphatic carbocycles. The van der Waals surface area contributed by atoms with E-state index in [-0.39, 0.29) is 12.1 Å². The van der Waals surface area contributed by atoms with E-state index in [2.05, 4.69) is 56.0 Å². The summed E-state index contributed by atoms with van der Waals surface area (Å²) in [5, 5.41) is 1.07. The monoisotopic (exact) mass is 414 g/mol. The Balaban J connectivity index is 1.63. The Hall–Kier alpha value is -1.81. The van der Waals surface area contributed by atoms with Crippen molar-refractivity contribution in [2.24, 2.45) is 0 Å². The number of benzene rings is 1. The zero-order chi connectivity index (χ0) is 21.1. The van der Waals surface area contributed by atoms with Gasteiger partial charge >= 0.3 is 5.97 Å². The Labute approximate surface area is 177 Å². The molecule has 1 aromatic heterocycles. The maximum Gasteiger partial charge on any atom is 0.303 e. The zero-order valence-corrected chi connectivity index (χ0v) is 19.7. The summed E-state index contributed by atoms with van der Waals surface area (Å²) >= 11 is 0. The molecule has 29 heavy (non-hydrogen) atoms. The van der Waals surface area contributed by atoms with Gasteiger partial charge in [-0.1, -0.05) is 82.1 Å². The molecule has 0 aliphatic rings. The molecule has 0 radical (unpaired) electrons. The second-order valence-electron chi connectivity index (χ2n) is 9.09. The van der Waals surface area contributed by atoms with Crippen LogP contribution in [-0.2, 0) is 16.0 Å². The van der Waals surface area contributed by atoms with Crippen molar-refractivity contribution >= 4 is 19.4 Å². The number of ether oxygens (including phenoxy) is 1. The van der Waals surface area contributed by atoms with Gasteiger partial charge in [-0.3, -0.25) is 4.79 Å². The SMILES string of the molecule is CC(=O)OC(CCCCCCCCCc1ccccc1)c1coc([Si](C)(C)C)c1. The summed E-state index contributed by atoms with van der Waals surface area (Å²) in [4.78, 5) is 11.5. The van der Waals surface area contributed by atoms with Crippen molar-refractivity contribution in [3.8, 4) is 0 Å². The first kappa shape index (κ1) is 23.5. The van der Waals surface area contributed by atoms with Crippen LogP contribution >= 0.6 is 0 Å². The van der Waals surface area contributed by atoms with E-state index in [1.165, 1.54) is 57.4 Å². The van der Waals surface area contributed by atoms with E-state index in [1.54, 1.807) is 6.26 Å². The number of carbonyl (C=O) groups excluding carboxylic acids is 1. The highest BCUT2D eigenvalue weighted by atomic mass is 28.3. The van der Waals surface area contributed by atoms with Crippen LogP contribution in [0.5, 0.6) is 0 Å². The smallest absolute Gasteiger partial charge is 0.303 e. The number of rotatable bonds is 13. The highest BCUT2D eigenvalue weighted by molar-refractivity contribution is 6.87. The minimum absolute atomic E-state index is 0.174. The fourth-order valence-corrected chi connectivity index (χ4v) is 4.61. The highest BCUT2D eigenvalue weighted by Gasteiger charge is 2.24. The fourth-order valence-electron chi connectivity index (χ4n) is 3.59. The van der Waals surface area contributed by atoms with Gasteiger partial charge < -0.3 is 9.15 Å². The lowest BCUT2D eigenvalue weighted by molar-refractivity contribution is -0.147. The Morgan fingerprint density at radius 3 is 2.17 bits per heavy atom. The minimum atomic E-state index is -1.49. The van der Waals surface area contributed by atoms with Crippen molar-refractivity contribution in [3.63, 3.8) is 0 Å². The van der Waals surface area contributed by atoms with Crippen LogP contribution in [0.3, 0.4) is 0 Å². The van der Waals surface area contributed by atoms with Crippen molar-refractivity contribution in [2.45, 2.75) is 90.5 Å². The predicted octanol–water partition coefficient (Wildman–Crippen LogP) is 6.79. The normalized spacial score (nSPS) is 12.7. The van der Waals surface area contributed by atoms with Gasteiger partial charge in [-0.25, -0.2) is 0 Å². The second-order valence-corrected chi connectivity index (χ2v) is 14.1. The Morgan fingerprint density at radius 2 is 1.59 bits per heavy atom. The Kier molecular flexibility index (Phi) is 9.72. The van der Waals surface area contributed by atoms with Gasteiger partial charge in [-0.15, -0.1) is 0 Å². The number of unbranched alkanes of at least 4 members (excludes halogenated alkanes) is 6. The van der Waals surface area contributed by atoms with E-state index in [0.29, 0.717) is 0 Å². The number of carbonyl (C=O) groups is 1. The third-order valence-corrected chi connectivity index (χ3v) is 7.05. The largest absolute Gasteiger partial charge is 0.474 e. The van der Waals surface area contributed by atoms with Crippen LogP contribution < -0.4 is 5.38 Å². The number of hydrogen-bond acceptors (Lipinski definition) is 3. The predicted molar refractivity (Wildman–Crippen MR) is 123 cm³/mol. The van der Waals surface area contributed by atoms with Crippen molar-refractivity contribution in [2.75, 3.05) is 0 Å². The molecular weight excluding hydrogens is 376 g/mol. The third-order valence-electron chi connectivity index (χ3n) is 5.31. The molecule has 0 amide bonds. The number of aryl methyl sites for hydroxylation is 1. The molecule has 4 heteroatoms. The van der Waals surface area contributed by atoms with Crippen LogP contribution in [0.2, 0.25) is 19.6 Å². The molecule has 0 saturated heterocycles. The van der Waals surface area contributed by atoms with Gasteiger partial charge in [-0.2, -0.15) is 0 Å². The van der Waals surface area contributed by atoms with Crippen LogP contribution in [0.1, 0.15) is 75.5 Å². The standard InChI is InChI=1S/C25H38O3Si/c1-21(26)28-24(23-19-25(27-20-23)29(2,3)4)18-14-9-7-5-6-8-11-15-22-16-12-10-13-17-22/h10,12-13,16-17,19-20,24H,5-9,11,14-15,18H2,1-4H3. The summed E-state index contributed by atoms with van der Waals surface area (Å²) in [5.74, 6) is -0.218. The average molecular weight is 415 g/mol. The lowest BCUT2D eigenvalue weighted by atomic mass is 10.0. The van der Waals surface area contributed by atoms with Crippen LogP contribution in [0.4, 0.5) is 0 Å². The van der Waals surface area contributed by atoms with Crippen LogP contribution in [0.25, 0.3) is 0 Å². The van der Waals surface area contributed by atoms with Gasteiger partial charge in [0.25, 0.3) is 0 Å². The van der Waals surface area contributed by atoms with Gasteiger partial charge in [0.05, 0.1) is 11.6 Å². The van der Waals surface area contributed by atoms with Gasteiger partial charge in [0, 0.05) is 12.5 Å². The first-order valence-electron chi connectivity index (χ1n) is 11.2. The summed E-state index contributed by atoms with van der Waals surface area (Å²) in [7, 11) is -1.49. The lowest BCUT2D eigenvalue weighted by Gasteiger charge is -2.15. The average Bonchev–Trinajstić information content (AvgIpc) is 3.17. The van der Waals surface area contributed by atoms with Gasteiger partial charge in [-0.05, 0) is 37.3 Å². The van der Waals surface area contributed by atoms with E-state index in [9.17, 15) is 4.79 Å². The lowest BCUT2D eigenvalue weighted by Crippen LogP contribution is -2.36. The molecule has 0 fully saturated rings. The van der Waals surface area contributed by atoms with Gasteiger partial charge in [0.2, 0.25) is 0 Å². The maximum atomic E-state index is 11.5. The molecule has 160 valence electrons. The van der Waals surface area contributed by atoms with Crippen molar-refractivity contribution in [3.05, 3.63) is 53.8 Å². The molecule has 0 N–H and O–H groups in total. The van der Waals surface area contributed by atoms with E-state index in [1.807, 2.05) is 0 Å². The molecule has 0 aliphatic heterocycles. The minimum Gasteiger partial charge on any atom is -0.474 e. The van der Waals surface area contributed by atoms with E-state index in [4.69, 9.17) is 9.15 Å². The Bertz CT molecular complexity index is 715. The quantitative estimate of drug-likeness (QED) is 0.206. The van der Waals surface area contributed by atoms with Gasteiger partial charge in [0.15, 0.2) is 0 Å². The second kappa shape index (κ2) is 12.0. The molecule has 1 aromatic carbocycles.